The third kappa shape index (κ3) is 2.62. The maximum Gasteiger partial charge on any atom is 0.263 e. The number of hydrogen-bond donors (Lipinski definition) is 1. The van der Waals surface area contributed by atoms with Crippen LogP contribution in [-0.2, 0) is 11.8 Å². The number of thiocarbonyl (C=S) groups is 1. The Morgan fingerprint density at radius 2 is 2.38 bits per heavy atom. The molecule has 82 valence electrons. The molecule has 0 spiro atoms. The average Bonchev–Trinajstić information content (AvgIpc) is 2.74. The van der Waals surface area contributed by atoms with E-state index in [-0.39, 0.29) is 5.91 Å². The first kappa shape index (κ1) is 11.2. The van der Waals surface area contributed by atoms with Crippen LogP contribution in [0.25, 0.3) is 6.08 Å². The molecular formula is C11H10N2OS2. The van der Waals surface area contributed by atoms with Gasteiger partial charge in [-0.25, -0.2) is 0 Å². The Bertz CT molecular complexity index is 500. The van der Waals surface area contributed by atoms with Crippen molar-refractivity contribution in [2.24, 2.45) is 7.05 Å². The van der Waals surface area contributed by atoms with Crippen molar-refractivity contribution >= 4 is 40.3 Å². The van der Waals surface area contributed by atoms with Crippen molar-refractivity contribution in [2.45, 2.75) is 0 Å². The maximum absolute atomic E-state index is 11.3. The van der Waals surface area contributed by atoms with Crippen molar-refractivity contribution in [1.82, 2.24) is 9.88 Å². The van der Waals surface area contributed by atoms with Gasteiger partial charge in [-0.2, -0.15) is 0 Å². The molecule has 1 amide bonds. The second kappa shape index (κ2) is 4.67. The molecular weight excluding hydrogens is 240 g/mol. The Hall–Kier alpha value is -1.33. The molecule has 1 aromatic rings. The molecule has 0 unspecified atom stereocenters. The number of aryl methyl sites for hydroxylation is 1. The molecule has 1 saturated heterocycles. The predicted octanol–water partition coefficient (Wildman–Crippen LogP) is 2.07. The number of nitrogens with one attached hydrogen (secondary N) is 1. The maximum atomic E-state index is 11.3. The van der Waals surface area contributed by atoms with Crippen LogP contribution >= 0.6 is 24.0 Å². The third-order valence-electron chi connectivity index (χ3n) is 2.03. The lowest BCUT2D eigenvalue weighted by Crippen LogP contribution is -2.17. The van der Waals surface area contributed by atoms with Crippen LogP contribution in [-0.4, -0.2) is 14.8 Å². The minimum absolute atomic E-state index is 0.118. The van der Waals surface area contributed by atoms with Gasteiger partial charge in [-0.3, -0.25) is 4.79 Å². The topological polar surface area (TPSA) is 34.0 Å². The Morgan fingerprint density at radius 3 is 2.94 bits per heavy atom. The van der Waals surface area contributed by atoms with Crippen LogP contribution in [0.1, 0.15) is 5.56 Å². The lowest BCUT2D eigenvalue weighted by molar-refractivity contribution is -0.115. The highest BCUT2D eigenvalue weighted by Crippen LogP contribution is 2.23. The van der Waals surface area contributed by atoms with Gasteiger partial charge in [0, 0.05) is 19.4 Å². The summed E-state index contributed by atoms with van der Waals surface area (Å²) in [6.07, 6.45) is 9.54. The van der Waals surface area contributed by atoms with Gasteiger partial charge in [0.25, 0.3) is 5.91 Å². The molecule has 0 saturated carbocycles. The van der Waals surface area contributed by atoms with Gasteiger partial charge in [-0.05, 0) is 17.7 Å². The third-order valence-corrected chi connectivity index (χ3v) is 3.21. The molecule has 0 aliphatic carbocycles. The molecule has 1 aromatic heterocycles. The monoisotopic (exact) mass is 250 g/mol. The fourth-order valence-corrected chi connectivity index (χ4v) is 2.30. The molecule has 0 atom stereocenters. The molecule has 1 N–H and O–H groups in total. The van der Waals surface area contributed by atoms with Crippen LogP contribution in [0.3, 0.4) is 0 Å². The highest BCUT2D eigenvalue weighted by atomic mass is 32.2. The van der Waals surface area contributed by atoms with E-state index in [0.29, 0.717) is 9.23 Å². The molecule has 1 aliphatic rings. The second-order valence-corrected chi connectivity index (χ2v) is 5.06. The quantitative estimate of drug-likeness (QED) is 0.644. The Morgan fingerprint density at radius 1 is 1.56 bits per heavy atom. The smallest absolute Gasteiger partial charge is 0.263 e. The summed E-state index contributed by atoms with van der Waals surface area (Å²) in [6, 6.07) is 2.00. The summed E-state index contributed by atoms with van der Waals surface area (Å²) in [4.78, 5) is 11.9. The highest BCUT2D eigenvalue weighted by Gasteiger charge is 2.20. The molecule has 3 nitrogen and oxygen atoms in total. The zero-order chi connectivity index (χ0) is 11.5. The Balaban J connectivity index is 2.06. The van der Waals surface area contributed by atoms with Gasteiger partial charge < -0.3 is 9.88 Å². The number of carbonyl (C=O) groups excluding carboxylic acids is 1. The first-order chi connectivity index (χ1) is 7.65. The van der Waals surface area contributed by atoms with E-state index in [1.54, 1.807) is 6.08 Å². The van der Waals surface area contributed by atoms with E-state index >= 15 is 0 Å². The average molecular weight is 250 g/mol. The SMILES string of the molecule is Cn1ccc(C=CC=C2SC(=S)NC2=O)c1. The van der Waals surface area contributed by atoms with Gasteiger partial charge in [-0.15, -0.1) is 0 Å². The number of rotatable bonds is 2. The molecule has 2 heterocycles. The molecule has 0 bridgehead atoms. The first-order valence-corrected chi connectivity index (χ1v) is 5.91. The van der Waals surface area contributed by atoms with E-state index in [2.05, 4.69) is 5.32 Å². The van der Waals surface area contributed by atoms with Gasteiger partial charge in [0.1, 0.15) is 4.32 Å². The molecule has 0 aromatic carbocycles. The largest absolute Gasteiger partial charge is 0.357 e. The van der Waals surface area contributed by atoms with E-state index in [0.717, 1.165) is 5.56 Å². The summed E-state index contributed by atoms with van der Waals surface area (Å²) in [7, 11) is 1.97. The van der Waals surface area contributed by atoms with Crippen molar-refractivity contribution < 1.29 is 4.79 Å². The molecule has 2 rings (SSSR count). The van der Waals surface area contributed by atoms with Crippen molar-refractivity contribution in [3.05, 3.63) is 41.1 Å². The summed E-state index contributed by atoms with van der Waals surface area (Å²) in [5, 5.41) is 2.57. The van der Waals surface area contributed by atoms with Gasteiger partial charge in [-0.1, -0.05) is 36.1 Å². The fourth-order valence-electron chi connectivity index (χ4n) is 1.31. The summed E-state index contributed by atoms with van der Waals surface area (Å²) >= 11 is 6.17. The van der Waals surface area contributed by atoms with Crippen LogP contribution in [0.15, 0.2) is 35.5 Å². The van der Waals surface area contributed by atoms with Crippen LogP contribution in [0, 0.1) is 0 Å². The van der Waals surface area contributed by atoms with Crippen LogP contribution in [0.4, 0.5) is 0 Å². The number of nitrogens with zero attached hydrogens (tertiary/aromatic N) is 1. The van der Waals surface area contributed by atoms with E-state index in [4.69, 9.17) is 12.2 Å². The van der Waals surface area contributed by atoms with E-state index in [9.17, 15) is 4.79 Å². The standard InChI is InChI=1S/C11H10N2OS2/c1-13-6-5-8(7-13)3-2-4-9-10(14)12-11(15)16-9/h2-7H,1H3,(H,12,14,15). The normalized spacial score (nSPS) is 18.7. The lowest BCUT2D eigenvalue weighted by Gasteiger charge is -1.87. The van der Waals surface area contributed by atoms with Gasteiger partial charge in [0.15, 0.2) is 0 Å². The van der Waals surface area contributed by atoms with Crippen LogP contribution in [0.5, 0.6) is 0 Å². The number of thioether (sulfide) groups is 1. The Kier molecular flexibility index (Phi) is 3.26. The second-order valence-electron chi connectivity index (χ2n) is 3.34. The van der Waals surface area contributed by atoms with E-state index in [1.807, 2.05) is 42.2 Å². The Labute approximate surface area is 103 Å². The molecule has 0 radical (unpaired) electrons. The molecule has 1 aliphatic heterocycles. The number of allylic oxidation sites excluding steroid dienone is 2. The first-order valence-electron chi connectivity index (χ1n) is 4.68. The van der Waals surface area contributed by atoms with E-state index < -0.39 is 0 Å². The number of hydrogen-bond acceptors (Lipinski definition) is 3. The van der Waals surface area contributed by atoms with Crippen molar-refractivity contribution in [3.63, 3.8) is 0 Å². The van der Waals surface area contributed by atoms with E-state index in [1.165, 1.54) is 11.8 Å². The lowest BCUT2D eigenvalue weighted by atomic mass is 10.3. The molecule has 1 fully saturated rings. The van der Waals surface area contributed by atoms with Gasteiger partial charge >= 0.3 is 0 Å². The predicted molar refractivity (Wildman–Crippen MR) is 70.9 cm³/mol. The zero-order valence-corrected chi connectivity index (χ0v) is 10.3. The van der Waals surface area contributed by atoms with Crippen molar-refractivity contribution in [2.75, 3.05) is 0 Å². The zero-order valence-electron chi connectivity index (χ0n) is 8.64. The number of carbonyl (C=O) groups is 1. The highest BCUT2D eigenvalue weighted by molar-refractivity contribution is 8.26. The fraction of sp³-hybridized carbons (Fsp3) is 0.0909. The van der Waals surface area contributed by atoms with Crippen LogP contribution in [0.2, 0.25) is 0 Å². The van der Waals surface area contributed by atoms with Gasteiger partial charge in [0.05, 0.1) is 4.91 Å². The minimum Gasteiger partial charge on any atom is -0.357 e. The number of amides is 1. The summed E-state index contributed by atoms with van der Waals surface area (Å²) in [5.74, 6) is -0.118. The summed E-state index contributed by atoms with van der Waals surface area (Å²) in [5.41, 5.74) is 1.10. The summed E-state index contributed by atoms with van der Waals surface area (Å²) < 4.78 is 2.49. The van der Waals surface area contributed by atoms with Crippen LogP contribution < -0.4 is 5.32 Å². The molecule has 5 heteroatoms. The minimum atomic E-state index is -0.118. The van der Waals surface area contributed by atoms with Gasteiger partial charge in [0.2, 0.25) is 0 Å². The van der Waals surface area contributed by atoms with Crippen molar-refractivity contribution in [1.29, 1.82) is 0 Å². The summed E-state index contributed by atoms with van der Waals surface area (Å²) in [6.45, 7) is 0. The number of aromatic nitrogens is 1. The molecule has 16 heavy (non-hydrogen) atoms. The van der Waals surface area contributed by atoms with Crippen molar-refractivity contribution in [3.8, 4) is 0 Å².